The van der Waals surface area contributed by atoms with Gasteiger partial charge < -0.3 is 19.6 Å². The number of nitrogens with one attached hydrogen (secondary N) is 2. The maximum Gasteiger partial charge on any atom is 0.214 e. The molecule has 0 aliphatic heterocycles. The molecule has 0 unspecified atom stereocenters. The van der Waals surface area contributed by atoms with Gasteiger partial charge in [0.1, 0.15) is 5.75 Å². The van der Waals surface area contributed by atoms with Crippen molar-refractivity contribution in [3.63, 3.8) is 0 Å². The Morgan fingerprint density at radius 3 is 2.35 bits per heavy atom. The molecule has 136 valence electrons. The second-order valence-electron chi connectivity index (χ2n) is 5.28. The summed E-state index contributed by atoms with van der Waals surface area (Å²) in [5.74, 6) is 2.56. The van der Waals surface area contributed by atoms with Crippen LogP contribution in [0.25, 0.3) is 11.4 Å². The van der Waals surface area contributed by atoms with Crippen LogP contribution < -0.4 is 19.6 Å². The van der Waals surface area contributed by atoms with Crippen LogP contribution >= 0.6 is 12.2 Å². The topological polar surface area (TPSA) is 86.2 Å². The van der Waals surface area contributed by atoms with Gasteiger partial charge in [-0.3, -0.25) is 4.98 Å². The average Bonchev–Trinajstić information content (AvgIpc) is 3.06. The molecule has 0 spiro atoms. The molecule has 0 radical (unpaired) electrons. The van der Waals surface area contributed by atoms with Gasteiger partial charge in [0.2, 0.25) is 4.77 Å². The molecule has 0 aliphatic carbocycles. The zero-order valence-corrected chi connectivity index (χ0v) is 15.5. The van der Waals surface area contributed by atoms with E-state index in [2.05, 4.69) is 20.6 Å². The van der Waals surface area contributed by atoms with Gasteiger partial charge in [-0.15, -0.1) is 0 Å². The summed E-state index contributed by atoms with van der Waals surface area (Å²) in [5.41, 5.74) is 5.03. The largest absolute Gasteiger partial charge is 0.496 e. The minimum absolute atomic E-state index is 0.440. The lowest BCUT2D eigenvalue weighted by Gasteiger charge is -2.16. The number of methoxy groups -OCH3 is 3. The number of hydrogen-bond donors (Lipinski definition) is 2. The standard InChI is InChI=1S/C17H19N5O3S/c1-23-13-9-15(25-3)14(24-2)8-12(13)10-19-22-16(20-21-17(22)26)11-4-6-18-7-5-11/h4-9,19H,10H2,1-3H3,(H,21,26). The predicted octanol–water partition coefficient (Wildman–Crippen LogP) is 2.77. The summed E-state index contributed by atoms with van der Waals surface area (Å²) >= 11 is 5.33. The molecule has 3 rings (SSSR count). The second-order valence-corrected chi connectivity index (χ2v) is 5.66. The summed E-state index contributed by atoms with van der Waals surface area (Å²) in [6, 6.07) is 7.37. The lowest BCUT2D eigenvalue weighted by atomic mass is 10.1. The quantitative estimate of drug-likeness (QED) is 0.616. The van der Waals surface area contributed by atoms with Crippen LogP contribution in [0, 0.1) is 4.77 Å². The smallest absolute Gasteiger partial charge is 0.214 e. The van der Waals surface area contributed by atoms with Gasteiger partial charge in [0.25, 0.3) is 0 Å². The van der Waals surface area contributed by atoms with Gasteiger partial charge in [0.05, 0.1) is 27.9 Å². The molecular formula is C17H19N5O3S. The van der Waals surface area contributed by atoms with Crippen molar-refractivity contribution < 1.29 is 14.2 Å². The number of ether oxygens (including phenoxy) is 3. The van der Waals surface area contributed by atoms with Crippen LogP contribution in [0.2, 0.25) is 0 Å². The summed E-state index contributed by atoms with van der Waals surface area (Å²) in [6.07, 6.45) is 3.41. The van der Waals surface area contributed by atoms with Gasteiger partial charge in [0, 0.05) is 29.6 Å². The first-order valence-corrected chi connectivity index (χ1v) is 8.19. The Hall–Kier alpha value is -3.07. The van der Waals surface area contributed by atoms with Gasteiger partial charge in [-0.05, 0) is 30.4 Å². The van der Waals surface area contributed by atoms with Crippen LogP contribution in [-0.4, -0.2) is 41.2 Å². The van der Waals surface area contributed by atoms with E-state index < -0.39 is 0 Å². The third-order valence-corrected chi connectivity index (χ3v) is 4.10. The number of aromatic nitrogens is 4. The maximum absolute atomic E-state index is 5.46. The number of aromatic amines is 1. The number of nitrogens with zero attached hydrogens (tertiary/aromatic N) is 3. The molecule has 2 heterocycles. The van der Waals surface area contributed by atoms with E-state index in [0.717, 1.165) is 11.1 Å². The van der Waals surface area contributed by atoms with Crippen molar-refractivity contribution in [2.45, 2.75) is 6.54 Å². The van der Waals surface area contributed by atoms with Crippen LogP contribution in [0.1, 0.15) is 5.56 Å². The first-order chi connectivity index (χ1) is 12.7. The first-order valence-electron chi connectivity index (χ1n) is 7.78. The fourth-order valence-corrected chi connectivity index (χ4v) is 2.73. The molecule has 8 nitrogen and oxygen atoms in total. The number of H-pyrrole nitrogens is 1. The highest BCUT2D eigenvalue weighted by molar-refractivity contribution is 7.71. The highest BCUT2D eigenvalue weighted by Crippen LogP contribution is 2.34. The second kappa shape index (κ2) is 7.87. The number of pyridine rings is 1. The zero-order chi connectivity index (χ0) is 18.5. The van der Waals surface area contributed by atoms with E-state index in [4.69, 9.17) is 26.4 Å². The zero-order valence-electron chi connectivity index (χ0n) is 14.6. The summed E-state index contributed by atoms with van der Waals surface area (Å²) < 4.78 is 18.3. The fraction of sp³-hybridized carbons (Fsp3) is 0.235. The molecular weight excluding hydrogens is 354 g/mol. The van der Waals surface area contributed by atoms with E-state index in [1.165, 1.54) is 0 Å². The van der Waals surface area contributed by atoms with E-state index in [1.54, 1.807) is 44.5 Å². The van der Waals surface area contributed by atoms with Crippen LogP contribution in [0.5, 0.6) is 17.2 Å². The Labute approximate surface area is 155 Å². The maximum atomic E-state index is 5.46. The molecule has 0 fully saturated rings. The number of rotatable bonds is 7. The van der Waals surface area contributed by atoms with Crippen LogP contribution in [0.4, 0.5) is 0 Å². The Balaban J connectivity index is 1.91. The summed E-state index contributed by atoms with van der Waals surface area (Å²) in [6.45, 7) is 0.440. The molecule has 0 saturated carbocycles. The van der Waals surface area contributed by atoms with Gasteiger partial charge in [0.15, 0.2) is 17.3 Å². The monoisotopic (exact) mass is 373 g/mol. The Morgan fingerprint density at radius 2 is 1.69 bits per heavy atom. The SMILES string of the molecule is COc1cc(OC)c(OC)cc1CNn1c(-c2ccncc2)n[nH]c1=S. The summed E-state index contributed by atoms with van der Waals surface area (Å²) in [4.78, 5) is 4.02. The van der Waals surface area contributed by atoms with Crippen LogP contribution in [0.15, 0.2) is 36.7 Å². The van der Waals surface area contributed by atoms with Crippen molar-refractivity contribution in [3.8, 4) is 28.6 Å². The van der Waals surface area contributed by atoms with Crippen LogP contribution in [-0.2, 0) is 6.54 Å². The molecule has 9 heteroatoms. The number of benzene rings is 1. The van der Waals surface area contributed by atoms with Gasteiger partial charge in [-0.1, -0.05) is 0 Å². The lowest BCUT2D eigenvalue weighted by molar-refractivity contribution is 0.347. The van der Waals surface area contributed by atoms with E-state index in [9.17, 15) is 0 Å². The third-order valence-electron chi connectivity index (χ3n) is 3.83. The normalized spacial score (nSPS) is 10.4. The van der Waals surface area contributed by atoms with Crippen molar-refractivity contribution in [3.05, 3.63) is 47.0 Å². The molecule has 0 saturated heterocycles. The Morgan fingerprint density at radius 1 is 1.04 bits per heavy atom. The highest BCUT2D eigenvalue weighted by atomic mass is 32.1. The minimum Gasteiger partial charge on any atom is -0.496 e. The van der Waals surface area contributed by atoms with Gasteiger partial charge >= 0.3 is 0 Å². The molecule has 26 heavy (non-hydrogen) atoms. The molecule has 0 aliphatic rings. The van der Waals surface area contributed by atoms with Gasteiger partial charge in [-0.2, -0.15) is 5.10 Å². The molecule has 2 N–H and O–H groups in total. The molecule has 0 atom stereocenters. The summed E-state index contributed by atoms with van der Waals surface area (Å²) in [5, 5.41) is 7.08. The van der Waals surface area contributed by atoms with E-state index in [-0.39, 0.29) is 0 Å². The number of hydrogen-bond acceptors (Lipinski definition) is 7. The first kappa shape index (κ1) is 17.7. The minimum atomic E-state index is 0.440. The van der Waals surface area contributed by atoms with E-state index >= 15 is 0 Å². The van der Waals surface area contributed by atoms with Gasteiger partial charge in [-0.25, -0.2) is 9.77 Å². The summed E-state index contributed by atoms with van der Waals surface area (Å²) in [7, 11) is 4.78. The molecule has 0 bridgehead atoms. The molecule has 0 amide bonds. The molecule has 2 aromatic heterocycles. The Bertz CT molecular complexity index is 939. The van der Waals surface area contributed by atoms with Crippen molar-refractivity contribution in [1.29, 1.82) is 0 Å². The highest BCUT2D eigenvalue weighted by Gasteiger charge is 2.13. The van der Waals surface area contributed by atoms with E-state index in [1.807, 2.05) is 18.2 Å². The fourth-order valence-electron chi connectivity index (χ4n) is 2.53. The Kier molecular flexibility index (Phi) is 5.37. The lowest BCUT2D eigenvalue weighted by Crippen LogP contribution is -2.16. The third kappa shape index (κ3) is 3.47. The molecule has 1 aromatic carbocycles. The van der Waals surface area contributed by atoms with Crippen molar-refractivity contribution >= 4 is 12.2 Å². The van der Waals surface area contributed by atoms with Crippen molar-refractivity contribution in [1.82, 2.24) is 19.9 Å². The predicted molar refractivity (Wildman–Crippen MR) is 99.8 cm³/mol. The van der Waals surface area contributed by atoms with Crippen molar-refractivity contribution in [2.24, 2.45) is 0 Å². The average molecular weight is 373 g/mol. The van der Waals surface area contributed by atoms with E-state index in [0.29, 0.717) is 34.4 Å². The van der Waals surface area contributed by atoms with Crippen LogP contribution in [0.3, 0.4) is 0 Å². The van der Waals surface area contributed by atoms with Crippen molar-refractivity contribution in [2.75, 3.05) is 26.8 Å². The molecule has 3 aromatic rings.